The van der Waals surface area contributed by atoms with Gasteiger partial charge in [-0.2, -0.15) is 0 Å². The molecule has 0 aliphatic heterocycles. The predicted molar refractivity (Wildman–Crippen MR) is 82.4 cm³/mol. The minimum absolute atomic E-state index is 0.345. The number of nitrogen functional groups attached to an aromatic ring is 1. The molecule has 6 heteroatoms. The lowest BCUT2D eigenvalue weighted by atomic mass is 10.2. The average Bonchev–Trinajstić information content (AvgIpc) is 2.67. The minimum atomic E-state index is -0.357. The molecule has 3 nitrogen and oxygen atoms in total. The van der Waals surface area contributed by atoms with Crippen molar-refractivity contribution in [3.63, 3.8) is 0 Å². The zero-order valence-electron chi connectivity index (χ0n) is 10.3. The summed E-state index contributed by atoms with van der Waals surface area (Å²) in [5.74, 6) is -0.0117. The summed E-state index contributed by atoms with van der Waals surface area (Å²) in [6.07, 6.45) is 0. The van der Waals surface area contributed by atoms with E-state index >= 15 is 0 Å². The molecule has 1 heterocycles. The summed E-state index contributed by atoms with van der Waals surface area (Å²) >= 11 is 9.15. The molecule has 0 saturated carbocycles. The summed E-state index contributed by atoms with van der Waals surface area (Å²) < 4.78 is 15.7. The van der Waals surface area contributed by atoms with Gasteiger partial charge in [0.05, 0.1) is 22.1 Å². The van der Waals surface area contributed by atoms with Crippen molar-refractivity contribution in [2.45, 2.75) is 6.54 Å². The van der Waals surface area contributed by atoms with E-state index in [9.17, 15) is 4.39 Å². The third-order valence-corrected chi connectivity index (χ3v) is 3.89. The molecule has 20 heavy (non-hydrogen) atoms. The van der Waals surface area contributed by atoms with Gasteiger partial charge in [-0.1, -0.05) is 23.7 Å². The van der Waals surface area contributed by atoms with E-state index in [4.69, 9.17) is 17.3 Å². The van der Waals surface area contributed by atoms with Gasteiger partial charge in [-0.25, -0.2) is 9.37 Å². The second-order valence-corrected chi connectivity index (χ2v) is 5.73. The fraction of sp³-hybridized carbons (Fsp3) is 0.0714. The van der Waals surface area contributed by atoms with E-state index in [1.54, 1.807) is 6.07 Å². The number of nitrogens with two attached hydrogens (primary N) is 1. The Morgan fingerprint density at radius 3 is 2.85 bits per heavy atom. The summed E-state index contributed by atoms with van der Waals surface area (Å²) in [4.78, 5) is 4.18. The van der Waals surface area contributed by atoms with E-state index in [-0.39, 0.29) is 5.82 Å². The van der Waals surface area contributed by atoms with Crippen molar-refractivity contribution in [3.8, 4) is 0 Å². The normalized spacial score (nSPS) is 11.2. The molecule has 102 valence electrons. The first-order valence-corrected chi connectivity index (χ1v) is 7.07. The Morgan fingerprint density at radius 2 is 2.10 bits per heavy atom. The van der Waals surface area contributed by atoms with Crippen LogP contribution in [-0.2, 0) is 6.54 Å². The van der Waals surface area contributed by atoms with Gasteiger partial charge in [-0.3, -0.25) is 0 Å². The number of hydrogen-bond acceptors (Lipinski definition) is 2. The van der Waals surface area contributed by atoms with Crippen molar-refractivity contribution in [1.82, 2.24) is 9.55 Å². The van der Waals surface area contributed by atoms with Crippen molar-refractivity contribution in [3.05, 3.63) is 57.3 Å². The number of anilines is 1. The Kier molecular flexibility index (Phi) is 3.40. The number of benzene rings is 2. The van der Waals surface area contributed by atoms with Crippen LogP contribution in [0.1, 0.15) is 5.56 Å². The second-order valence-electron chi connectivity index (χ2n) is 4.44. The maximum atomic E-state index is 13.5. The van der Waals surface area contributed by atoms with Gasteiger partial charge in [-0.05, 0) is 39.7 Å². The third-order valence-electron chi connectivity index (χ3n) is 3.05. The fourth-order valence-corrected chi connectivity index (χ4v) is 2.67. The number of nitrogens with zero attached hydrogens (tertiary/aromatic N) is 2. The van der Waals surface area contributed by atoms with Gasteiger partial charge < -0.3 is 10.3 Å². The molecule has 0 amide bonds. The van der Waals surface area contributed by atoms with Gasteiger partial charge in [0.15, 0.2) is 0 Å². The second kappa shape index (κ2) is 5.07. The van der Waals surface area contributed by atoms with Crippen LogP contribution in [0.25, 0.3) is 11.0 Å². The number of fused-ring (bicyclic) bond motifs is 1. The van der Waals surface area contributed by atoms with Crippen LogP contribution in [0.2, 0.25) is 5.02 Å². The van der Waals surface area contributed by atoms with Crippen LogP contribution in [0, 0.1) is 5.82 Å². The highest BCUT2D eigenvalue weighted by atomic mass is 79.9. The number of halogens is 3. The van der Waals surface area contributed by atoms with Crippen molar-refractivity contribution in [2.75, 3.05) is 5.73 Å². The Hall–Kier alpha value is -1.59. The SMILES string of the molecule is Nc1nc2cc(F)c(Br)cc2n1Cc1cccc(Cl)c1. The molecule has 0 fully saturated rings. The van der Waals surface area contributed by atoms with Crippen molar-refractivity contribution >= 4 is 44.5 Å². The van der Waals surface area contributed by atoms with Crippen LogP contribution in [0.3, 0.4) is 0 Å². The summed E-state index contributed by atoms with van der Waals surface area (Å²) in [5, 5.41) is 0.665. The molecule has 0 saturated heterocycles. The monoisotopic (exact) mass is 353 g/mol. The first-order valence-electron chi connectivity index (χ1n) is 5.90. The van der Waals surface area contributed by atoms with Crippen LogP contribution < -0.4 is 5.73 Å². The maximum absolute atomic E-state index is 13.5. The van der Waals surface area contributed by atoms with E-state index < -0.39 is 0 Å². The van der Waals surface area contributed by atoms with Gasteiger partial charge in [-0.15, -0.1) is 0 Å². The largest absolute Gasteiger partial charge is 0.369 e. The molecule has 1 aromatic heterocycles. The highest BCUT2D eigenvalue weighted by molar-refractivity contribution is 9.10. The van der Waals surface area contributed by atoms with Crippen molar-refractivity contribution in [1.29, 1.82) is 0 Å². The smallest absolute Gasteiger partial charge is 0.201 e. The highest BCUT2D eigenvalue weighted by Gasteiger charge is 2.12. The summed E-state index contributed by atoms with van der Waals surface area (Å²) in [6, 6.07) is 10.6. The van der Waals surface area contributed by atoms with Crippen LogP contribution in [-0.4, -0.2) is 9.55 Å². The first-order chi connectivity index (χ1) is 9.54. The number of imidazole rings is 1. The van der Waals surface area contributed by atoms with Gasteiger partial charge in [0.2, 0.25) is 5.95 Å². The van der Waals surface area contributed by atoms with Gasteiger partial charge in [0.1, 0.15) is 5.82 Å². The van der Waals surface area contributed by atoms with Crippen molar-refractivity contribution in [2.24, 2.45) is 0 Å². The molecule has 0 radical (unpaired) electrons. The number of hydrogen-bond donors (Lipinski definition) is 1. The zero-order chi connectivity index (χ0) is 14.3. The third kappa shape index (κ3) is 2.39. The molecule has 0 bridgehead atoms. The van der Waals surface area contributed by atoms with Crippen LogP contribution in [0.5, 0.6) is 0 Å². The van der Waals surface area contributed by atoms with E-state index in [0.29, 0.717) is 27.5 Å². The summed E-state index contributed by atoms with van der Waals surface area (Å²) in [5.41, 5.74) is 8.23. The van der Waals surface area contributed by atoms with Crippen LogP contribution >= 0.6 is 27.5 Å². The topological polar surface area (TPSA) is 43.8 Å². The van der Waals surface area contributed by atoms with Crippen LogP contribution in [0.4, 0.5) is 10.3 Å². The molecule has 3 aromatic rings. The lowest BCUT2D eigenvalue weighted by Crippen LogP contribution is -2.04. The van der Waals surface area contributed by atoms with E-state index in [2.05, 4.69) is 20.9 Å². The first kappa shape index (κ1) is 13.4. The Balaban J connectivity index is 2.11. The molecule has 2 N–H and O–H groups in total. The lowest BCUT2D eigenvalue weighted by molar-refractivity contribution is 0.622. The summed E-state index contributed by atoms with van der Waals surface area (Å²) in [7, 11) is 0. The molecule has 0 aliphatic carbocycles. The number of aromatic nitrogens is 2. The van der Waals surface area contributed by atoms with E-state index in [1.807, 2.05) is 28.8 Å². The van der Waals surface area contributed by atoms with E-state index in [1.165, 1.54) is 6.07 Å². The molecule has 0 aliphatic rings. The quantitative estimate of drug-likeness (QED) is 0.749. The van der Waals surface area contributed by atoms with Gasteiger partial charge in [0.25, 0.3) is 0 Å². The fourth-order valence-electron chi connectivity index (χ4n) is 2.12. The number of rotatable bonds is 2. The molecular formula is C14H10BrClFN3. The molecule has 0 spiro atoms. The molecule has 0 atom stereocenters. The van der Waals surface area contributed by atoms with Crippen molar-refractivity contribution < 1.29 is 4.39 Å². The Labute approximate surface area is 128 Å². The lowest BCUT2D eigenvalue weighted by Gasteiger charge is -2.07. The standard InChI is InChI=1S/C14H10BrClFN3/c15-10-5-13-12(6-11(10)17)19-14(18)20(13)7-8-2-1-3-9(16)4-8/h1-6H,7H2,(H2,18,19). The highest BCUT2D eigenvalue weighted by Crippen LogP contribution is 2.26. The van der Waals surface area contributed by atoms with E-state index in [0.717, 1.165) is 11.1 Å². The molecule has 3 rings (SSSR count). The minimum Gasteiger partial charge on any atom is -0.369 e. The molecular weight excluding hydrogens is 345 g/mol. The van der Waals surface area contributed by atoms with Crippen LogP contribution in [0.15, 0.2) is 40.9 Å². The predicted octanol–water partition coefficient (Wildman–Crippen LogP) is 4.22. The van der Waals surface area contributed by atoms with Gasteiger partial charge in [0, 0.05) is 11.1 Å². The zero-order valence-corrected chi connectivity index (χ0v) is 12.6. The summed E-state index contributed by atoms with van der Waals surface area (Å²) in [6.45, 7) is 0.529. The molecule has 2 aromatic carbocycles. The Bertz CT molecular complexity index is 800. The van der Waals surface area contributed by atoms with Gasteiger partial charge >= 0.3 is 0 Å². The average molecular weight is 355 g/mol. The maximum Gasteiger partial charge on any atom is 0.201 e. The molecule has 0 unspecified atom stereocenters. The Morgan fingerprint density at radius 1 is 1.30 bits per heavy atom.